The minimum absolute atomic E-state index is 0.232. The van der Waals surface area contributed by atoms with Crippen LogP contribution in [0.15, 0.2) is 53.6 Å². The molecular formula is C16H14F3N3O. The van der Waals surface area contributed by atoms with E-state index in [4.69, 9.17) is 0 Å². The number of amides is 2. The Balaban J connectivity index is 1.97. The molecular weight excluding hydrogens is 307 g/mol. The molecule has 0 atom stereocenters. The molecule has 0 aromatic heterocycles. The Labute approximate surface area is 131 Å². The van der Waals surface area contributed by atoms with Crippen LogP contribution in [-0.2, 0) is 6.18 Å². The highest BCUT2D eigenvalue weighted by Crippen LogP contribution is 2.29. The number of nitrogens with zero attached hydrogens (tertiary/aromatic N) is 1. The maximum atomic E-state index is 12.6. The predicted octanol–water partition coefficient (Wildman–Crippen LogP) is 4.17. The zero-order valence-corrected chi connectivity index (χ0v) is 12.2. The van der Waals surface area contributed by atoms with E-state index in [1.54, 1.807) is 12.1 Å². The number of rotatable bonds is 3. The molecule has 0 aliphatic heterocycles. The van der Waals surface area contributed by atoms with Crippen LogP contribution in [0.1, 0.15) is 16.7 Å². The van der Waals surface area contributed by atoms with Crippen molar-refractivity contribution in [3.05, 3.63) is 65.2 Å². The zero-order chi connectivity index (χ0) is 16.9. The van der Waals surface area contributed by atoms with Gasteiger partial charge in [-0.25, -0.2) is 10.2 Å². The largest absolute Gasteiger partial charge is 0.416 e. The van der Waals surface area contributed by atoms with Crippen molar-refractivity contribution in [1.29, 1.82) is 0 Å². The van der Waals surface area contributed by atoms with Crippen molar-refractivity contribution in [2.24, 2.45) is 5.10 Å². The van der Waals surface area contributed by atoms with E-state index in [-0.39, 0.29) is 5.56 Å². The number of anilines is 1. The normalized spacial score (nSPS) is 11.5. The molecule has 4 nitrogen and oxygen atoms in total. The van der Waals surface area contributed by atoms with E-state index in [0.717, 1.165) is 23.9 Å². The summed E-state index contributed by atoms with van der Waals surface area (Å²) >= 11 is 0. The van der Waals surface area contributed by atoms with Crippen molar-refractivity contribution < 1.29 is 18.0 Å². The van der Waals surface area contributed by atoms with E-state index in [9.17, 15) is 18.0 Å². The molecule has 0 bridgehead atoms. The van der Waals surface area contributed by atoms with Crippen LogP contribution < -0.4 is 10.7 Å². The van der Waals surface area contributed by atoms with Gasteiger partial charge in [0.2, 0.25) is 0 Å². The van der Waals surface area contributed by atoms with Gasteiger partial charge in [-0.05, 0) is 36.2 Å². The van der Waals surface area contributed by atoms with Crippen LogP contribution in [-0.4, -0.2) is 12.2 Å². The average molecular weight is 321 g/mol. The molecule has 0 heterocycles. The lowest BCUT2D eigenvalue weighted by molar-refractivity contribution is -0.137. The summed E-state index contributed by atoms with van der Waals surface area (Å²) in [6.45, 7) is 1.83. The number of urea groups is 1. The summed E-state index contributed by atoms with van der Waals surface area (Å²) in [5.74, 6) is 0. The molecule has 0 unspecified atom stereocenters. The van der Waals surface area contributed by atoms with Gasteiger partial charge in [0, 0.05) is 5.69 Å². The van der Waals surface area contributed by atoms with Crippen LogP contribution in [0.5, 0.6) is 0 Å². The summed E-state index contributed by atoms with van der Waals surface area (Å²) < 4.78 is 37.7. The number of carbonyl (C=O) groups excluding carboxylic acids is 1. The van der Waals surface area contributed by atoms with Gasteiger partial charge in [0.15, 0.2) is 0 Å². The van der Waals surface area contributed by atoms with Crippen molar-refractivity contribution in [3.8, 4) is 0 Å². The number of aryl methyl sites for hydroxylation is 1. The highest BCUT2D eigenvalue weighted by Gasteiger charge is 2.30. The average Bonchev–Trinajstić information content (AvgIpc) is 2.49. The first-order chi connectivity index (χ1) is 10.9. The smallest absolute Gasteiger partial charge is 0.306 e. The summed E-state index contributed by atoms with van der Waals surface area (Å²) in [6.07, 6.45) is -3.27. The van der Waals surface area contributed by atoms with E-state index >= 15 is 0 Å². The topological polar surface area (TPSA) is 53.5 Å². The minimum Gasteiger partial charge on any atom is -0.306 e. The Morgan fingerprint density at radius 3 is 2.57 bits per heavy atom. The Kier molecular flexibility index (Phi) is 5.00. The molecule has 7 heteroatoms. The van der Waals surface area contributed by atoms with Gasteiger partial charge in [-0.1, -0.05) is 30.3 Å². The quantitative estimate of drug-likeness (QED) is 0.647. The third-order valence-corrected chi connectivity index (χ3v) is 2.99. The lowest BCUT2D eigenvalue weighted by Crippen LogP contribution is -2.24. The SMILES string of the molecule is Cc1ccccc1NC(=O)N/N=C\c1cccc(C(F)(F)F)c1. The number of hydrogen-bond donors (Lipinski definition) is 2. The standard InChI is InChI=1S/C16H14F3N3O/c1-11-5-2-3-8-14(11)21-15(23)22-20-10-12-6-4-7-13(9-12)16(17,18)19/h2-10H,1H3,(H2,21,22,23)/b20-10-. The van der Waals surface area contributed by atoms with Gasteiger partial charge >= 0.3 is 12.2 Å². The fourth-order valence-electron chi connectivity index (χ4n) is 1.82. The maximum Gasteiger partial charge on any atom is 0.416 e. The summed E-state index contributed by atoms with van der Waals surface area (Å²) in [5, 5.41) is 6.22. The van der Waals surface area contributed by atoms with Crippen molar-refractivity contribution >= 4 is 17.9 Å². The number of alkyl halides is 3. The number of nitrogens with one attached hydrogen (secondary N) is 2. The molecule has 0 saturated heterocycles. The summed E-state index contributed by atoms with van der Waals surface area (Å²) in [6, 6.07) is 11.2. The second kappa shape index (κ2) is 6.95. The highest BCUT2D eigenvalue weighted by molar-refractivity contribution is 5.91. The summed E-state index contributed by atoms with van der Waals surface area (Å²) in [4.78, 5) is 11.7. The number of para-hydroxylation sites is 1. The number of carbonyl (C=O) groups is 1. The van der Waals surface area contributed by atoms with Gasteiger partial charge in [0.25, 0.3) is 0 Å². The first-order valence-corrected chi connectivity index (χ1v) is 6.69. The first kappa shape index (κ1) is 16.5. The number of benzene rings is 2. The van der Waals surface area contributed by atoms with E-state index in [2.05, 4.69) is 15.8 Å². The lowest BCUT2D eigenvalue weighted by Gasteiger charge is -2.07. The van der Waals surface area contributed by atoms with Crippen LogP contribution in [0.25, 0.3) is 0 Å². The van der Waals surface area contributed by atoms with Gasteiger partial charge in [0.1, 0.15) is 0 Å². The molecule has 0 radical (unpaired) electrons. The molecule has 2 aromatic rings. The molecule has 0 aliphatic carbocycles. The molecule has 2 N–H and O–H groups in total. The summed E-state index contributed by atoms with van der Waals surface area (Å²) in [7, 11) is 0. The predicted molar refractivity (Wildman–Crippen MR) is 82.4 cm³/mol. The molecule has 2 amide bonds. The van der Waals surface area contributed by atoms with Crippen LogP contribution >= 0.6 is 0 Å². The van der Waals surface area contributed by atoms with Crippen LogP contribution in [0.3, 0.4) is 0 Å². The lowest BCUT2D eigenvalue weighted by atomic mass is 10.1. The number of halogens is 3. The molecule has 2 aromatic carbocycles. The Morgan fingerprint density at radius 2 is 1.87 bits per heavy atom. The molecule has 0 aliphatic rings. The fraction of sp³-hybridized carbons (Fsp3) is 0.125. The van der Waals surface area contributed by atoms with Gasteiger partial charge in [0.05, 0.1) is 11.8 Å². The van der Waals surface area contributed by atoms with Crippen LogP contribution in [0, 0.1) is 6.92 Å². The fourth-order valence-corrected chi connectivity index (χ4v) is 1.82. The van der Waals surface area contributed by atoms with Gasteiger partial charge < -0.3 is 5.32 Å². The molecule has 23 heavy (non-hydrogen) atoms. The Bertz CT molecular complexity index is 727. The zero-order valence-electron chi connectivity index (χ0n) is 12.2. The summed E-state index contributed by atoms with van der Waals surface area (Å²) in [5.41, 5.74) is 3.17. The monoisotopic (exact) mass is 321 g/mol. The third kappa shape index (κ3) is 4.84. The van der Waals surface area contributed by atoms with Crippen molar-refractivity contribution in [2.75, 3.05) is 5.32 Å². The van der Waals surface area contributed by atoms with Crippen molar-refractivity contribution in [3.63, 3.8) is 0 Å². The van der Waals surface area contributed by atoms with E-state index in [0.29, 0.717) is 5.69 Å². The first-order valence-electron chi connectivity index (χ1n) is 6.69. The molecule has 120 valence electrons. The molecule has 0 saturated carbocycles. The Hall–Kier alpha value is -2.83. The van der Waals surface area contributed by atoms with Crippen molar-refractivity contribution in [2.45, 2.75) is 13.1 Å². The third-order valence-electron chi connectivity index (χ3n) is 2.99. The van der Waals surface area contributed by atoms with E-state index < -0.39 is 17.8 Å². The second-order valence-electron chi connectivity index (χ2n) is 4.76. The number of hydrazone groups is 1. The van der Waals surface area contributed by atoms with Crippen LogP contribution in [0.2, 0.25) is 0 Å². The van der Waals surface area contributed by atoms with E-state index in [1.807, 2.05) is 19.1 Å². The maximum absolute atomic E-state index is 12.6. The van der Waals surface area contributed by atoms with Gasteiger partial charge in [-0.15, -0.1) is 0 Å². The van der Waals surface area contributed by atoms with Crippen LogP contribution in [0.4, 0.5) is 23.7 Å². The molecule has 0 spiro atoms. The van der Waals surface area contributed by atoms with Gasteiger partial charge in [-0.2, -0.15) is 18.3 Å². The highest BCUT2D eigenvalue weighted by atomic mass is 19.4. The van der Waals surface area contributed by atoms with Crippen molar-refractivity contribution in [1.82, 2.24) is 5.43 Å². The minimum atomic E-state index is -4.42. The number of hydrogen-bond acceptors (Lipinski definition) is 2. The van der Waals surface area contributed by atoms with E-state index in [1.165, 1.54) is 12.1 Å². The Morgan fingerprint density at radius 1 is 1.13 bits per heavy atom. The second-order valence-corrected chi connectivity index (χ2v) is 4.76. The molecule has 0 fully saturated rings. The van der Waals surface area contributed by atoms with Gasteiger partial charge in [-0.3, -0.25) is 0 Å². The molecule has 2 rings (SSSR count).